The predicted octanol–water partition coefficient (Wildman–Crippen LogP) is 2.09. The smallest absolute Gasteiger partial charge is 0.101 e. The van der Waals surface area contributed by atoms with E-state index in [1.54, 1.807) is 6.08 Å². The van der Waals surface area contributed by atoms with Crippen molar-refractivity contribution in [2.24, 2.45) is 10.7 Å². The van der Waals surface area contributed by atoms with Gasteiger partial charge in [0.05, 0.1) is 0 Å². The summed E-state index contributed by atoms with van der Waals surface area (Å²) in [4.78, 5) is 4.32. The Kier molecular flexibility index (Phi) is 5.67. The second-order valence-corrected chi connectivity index (χ2v) is 3.41. The van der Waals surface area contributed by atoms with Gasteiger partial charge in [0, 0.05) is 5.71 Å². The molecule has 0 amide bonds. The minimum Gasteiger partial charge on any atom is -0.405 e. The summed E-state index contributed by atoms with van der Waals surface area (Å²) in [5, 5.41) is 0. The van der Waals surface area contributed by atoms with Crippen molar-refractivity contribution in [2.75, 3.05) is 0 Å². The second-order valence-electron chi connectivity index (χ2n) is 1.97. The molecule has 0 fully saturated rings. The highest BCUT2D eigenvalue weighted by Gasteiger charge is 1.94. The van der Waals surface area contributed by atoms with Crippen LogP contribution < -0.4 is 5.73 Å². The lowest BCUT2D eigenvalue weighted by Crippen LogP contribution is -1.95. The van der Waals surface area contributed by atoms with Gasteiger partial charge in [-0.25, -0.2) is 0 Å². The van der Waals surface area contributed by atoms with Gasteiger partial charge in [0.25, 0.3) is 0 Å². The highest BCUT2D eigenvalue weighted by molar-refractivity contribution is 14.1. The van der Waals surface area contributed by atoms with Crippen LogP contribution >= 0.6 is 22.6 Å². The van der Waals surface area contributed by atoms with E-state index in [0.29, 0.717) is 4.05 Å². The van der Waals surface area contributed by atoms with E-state index >= 15 is 0 Å². The summed E-state index contributed by atoms with van der Waals surface area (Å²) in [6.45, 7) is 4.06. The number of rotatable bonds is 3. The molecule has 1 atom stereocenters. The third-order valence-electron chi connectivity index (χ3n) is 1.02. The van der Waals surface area contributed by atoms with E-state index < -0.39 is 0 Å². The fourth-order valence-electron chi connectivity index (χ4n) is 0.495. The number of hydrogen-bond donors (Lipinski definition) is 1. The molecule has 0 aliphatic carbocycles. The molecule has 0 bridgehead atoms. The van der Waals surface area contributed by atoms with Crippen molar-refractivity contribution in [1.82, 2.24) is 0 Å². The van der Waals surface area contributed by atoms with Crippen molar-refractivity contribution in [3.05, 3.63) is 12.3 Å². The summed E-state index contributed by atoms with van der Waals surface area (Å²) < 4.78 is 0.383. The Hall–Kier alpha value is -0.0600. The molecule has 0 aromatic heterocycles. The molecule has 0 aromatic carbocycles. The summed E-state index contributed by atoms with van der Waals surface area (Å²) in [6.07, 6.45) is 4.38. The first-order valence-corrected chi connectivity index (χ1v) is 4.52. The summed E-state index contributed by atoms with van der Waals surface area (Å²) in [5.74, 6) is 0. The number of nitrogens with zero attached hydrogens (tertiary/aromatic N) is 1. The molecule has 0 spiro atoms. The van der Waals surface area contributed by atoms with Crippen molar-refractivity contribution in [1.29, 1.82) is 0 Å². The quantitative estimate of drug-likeness (QED) is 0.355. The summed E-state index contributed by atoms with van der Waals surface area (Å²) in [6, 6.07) is 0. The molecule has 0 saturated heterocycles. The SMILES string of the molecule is CCC(I)N=C(C)/C=C\N. The van der Waals surface area contributed by atoms with Crippen molar-refractivity contribution < 1.29 is 0 Å². The topological polar surface area (TPSA) is 38.4 Å². The van der Waals surface area contributed by atoms with Gasteiger partial charge in [0.15, 0.2) is 0 Å². The monoisotopic (exact) mass is 252 g/mol. The minimum atomic E-state index is 0.383. The molecule has 0 saturated carbocycles. The number of allylic oxidation sites excluding steroid dienone is 1. The summed E-state index contributed by atoms with van der Waals surface area (Å²) >= 11 is 2.30. The predicted molar refractivity (Wildman–Crippen MR) is 54.5 cm³/mol. The number of alkyl halides is 1. The van der Waals surface area contributed by atoms with Crippen LogP contribution in [0, 0.1) is 0 Å². The maximum atomic E-state index is 5.18. The lowest BCUT2D eigenvalue weighted by molar-refractivity contribution is 0.901. The van der Waals surface area contributed by atoms with Crippen molar-refractivity contribution >= 4 is 28.3 Å². The average molecular weight is 252 g/mol. The standard InChI is InChI=1S/C7H13IN2/c1-3-7(8)10-6(2)4-5-9/h4-5,7H,3,9H2,1-2H3/b5-4-,10-6?. The lowest BCUT2D eigenvalue weighted by atomic mass is 10.4. The zero-order valence-corrected chi connectivity index (χ0v) is 8.50. The minimum absolute atomic E-state index is 0.383. The Morgan fingerprint density at radius 3 is 2.80 bits per heavy atom. The van der Waals surface area contributed by atoms with E-state index in [2.05, 4.69) is 34.5 Å². The molecule has 1 unspecified atom stereocenters. The van der Waals surface area contributed by atoms with Crippen LogP contribution in [0.15, 0.2) is 17.3 Å². The molecular weight excluding hydrogens is 239 g/mol. The molecule has 0 aromatic rings. The van der Waals surface area contributed by atoms with Crippen molar-refractivity contribution in [2.45, 2.75) is 24.3 Å². The molecule has 3 heteroatoms. The molecule has 2 N–H and O–H groups in total. The average Bonchev–Trinajstić information content (AvgIpc) is 1.88. The molecule has 0 rings (SSSR count). The lowest BCUT2D eigenvalue weighted by Gasteiger charge is -1.98. The first kappa shape index (κ1) is 9.94. The Balaban J connectivity index is 3.89. The van der Waals surface area contributed by atoms with Crippen molar-refractivity contribution in [3.63, 3.8) is 0 Å². The third-order valence-corrected chi connectivity index (χ3v) is 2.18. The van der Waals surface area contributed by atoms with Crippen LogP contribution in [0.1, 0.15) is 20.3 Å². The molecule has 0 radical (unpaired) electrons. The zero-order chi connectivity index (χ0) is 7.98. The van der Waals surface area contributed by atoms with Crippen LogP contribution in [0.4, 0.5) is 0 Å². The summed E-state index contributed by atoms with van der Waals surface area (Å²) in [7, 11) is 0. The van der Waals surface area contributed by atoms with Crippen LogP contribution in [0.25, 0.3) is 0 Å². The Bertz CT molecular complexity index is 141. The van der Waals surface area contributed by atoms with Gasteiger partial charge >= 0.3 is 0 Å². The fourth-order valence-corrected chi connectivity index (χ4v) is 0.934. The van der Waals surface area contributed by atoms with E-state index in [4.69, 9.17) is 5.73 Å². The van der Waals surface area contributed by atoms with Gasteiger partial charge in [-0.05, 0) is 25.6 Å². The van der Waals surface area contributed by atoms with Crippen LogP contribution in [0.2, 0.25) is 0 Å². The molecule has 10 heavy (non-hydrogen) atoms. The van der Waals surface area contributed by atoms with Crippen LogP contribution in [-0.2, 0) is 0 Å². The van der Waals surface area contributed by atoms with E-state index in [-0.39, 0.29) is 0 Å². The fraction of sp³-hybridized carbons (Fsp3) is 0.571. The zero-order valence-electron chi connectivity index (χ0n) is 6.34. The Morgan fingerprint density at radius 1 is 1.80 bits per heavy atom. The maximum absolute atomic E-state index is 5.18. The molecule has 0 heterocycles. The Labute approximate surface area is 75.7 Å². The van der Waals surface area contributed by atoms with Gasteiger partial charge < -0.3 is 5.73 Å². The molecule has 58 valence electrons. The van der Waals surface area contributed by atoms with Crippen molar-refractivity contribution in [3.8, 4) is 0 Å². The van der Waals surface area contributed by atoms with Gasteiger partial charge in [0.2, 0.25) is 0 Å². The van der Waals surface area contributed by atoms with E-state index in [9.17, 15) is 0 Å². The van der Waals surface area contributed by atoms with Gasteiger partial charge in [-0.1, -0.05) is 29.5 Å². The number of hydrogen-bond acceptors (Lipinski definition) is 2. The highest BCUT2D eigenvalue weighted by atomic mass is 127. The first-order valence-electron chi connectivity index (χ1n) is 3.27. The van der Waals surface area contributed by atoms with E-state index in [1.807, 2.05) is 6.92 Å². The van der Waals surface area contributed by atoms with Gasteiger partial charge in [-0.3, -0.25) is 4.99 Å². The van der Waals surface area contributed by atoms with Gasteiger partial charge in [-0.15, -0.1) is 0 Å². The number of halogens is 1. The molecule has 0 aliphatic heterocycles. The third kappa shape index (κ3) is 4.78. The molecule has 0 aliphatic rings. The van der Waals surface area contributed by atoms with Gasteiger partial charge in [-0.2, -0.15) is 0 Å². The van der Waals surface area contributed by atoms with Gasteiger partial charge in [0.1, 0.15) is 4.05 Å². The largest absolute Gasteiger partial charge is 0.405 e. The summed E-state index contributed by atoms with van der Waals surface area (Å²) in [5.41, 5.74) is 6.17. The number of nitrogens with two attached hydrogens (primary N) is 1. The van der Waals surface area contributed by atoms with Crippen LogP contribution in [-0.4, -0.2) is 9.76 Å². The second kappa shape index (κ2) is 5.70. The van der Waals surface area contributed by atoms with E-state index in [0.717, 1.165) is 12.1 Å². The number of aliphatic imine (C=N–C) groups is 1. The van der Waals surface area contributed by atoms with Crippen LogP contribution in [0.5, 0.6) is 0 Å². The van der Waals surface area contributed by atoms with Crippen LogP contribution in [0.3, 0.4) is 0 Å². The maximum Gasteiger partial charge on any atom is 0.101 e. The molecule has 2 nitrogen and oxygen atoms in total. The molecular formula is C7H13IN2. The Morgan fingerprint density at radius 2 is 2.40 bits per heavy atom. The first-order chi connectivity index (χ1) is 4.70. The normalized spacial score (nSPS) is 16.1. The highest BCUT2D eigenvalue weighted by Crippen LogP contribution is 2.06. The van der Waals surface area contributed by atoms with E-state index in [1.165, 1.54) is 6.20 Å².